The van der Waals surface area contributed by atoms with E-state index >= 15 is 0 Å². The predicted octanol–water partition coefficient (Wildman–Crippen LogP) is 3.13. The molecule has 3 heteroatoms. The number of amides is 1. The molecular formula is C13H18ClNO. The first-order valence-electron chi connectivity index (χ1n) is 5.68. The van der Waals surface area contributed by atoms with Crippen LogP contribution >= 0.6 is 11.6 Å². The largest absolute Gasteiger partial charge is 0.352 e. The number of carbonyl (C=O) groups is 1. The van der Waals surface area contributed by atoms with E-state index in [9.17, 15) is 4.79 Å². The molecule has 2 nitrogen and oxygen atoms in total. The van der Waals surface area contributed by atoms with Crippen LogP contribution in [0.25, 0.3) is 0 Å². The van der Waals surface area contributed by atoms with Crippen LogP contribution in [0.4, 0.5) is 0 Å². The summed E-state index contributed by atoms with van der Waals surface area (Å²) in [5.74, 6) is 0.430. The Morgan fingerprint density at radius 3 is 2.62 bits per heavy atom. The van der Waals surface area contributed by atoms with Gasteiger partial charge < -0.3 is 5.32 Å². The molecule has 0 aliphatic heterocycles. The highest BCUT2D eigenvalue weighted by Crippen LogP contribution is 2.16. The number of halogens is 1. The average molecular weight is 240 g/mol. The van der Waals surface area contributed by atoms with E-state index in [1.807, 2.05) is 25.1 Å². The van der Waals surface area contributed by atoms with E-state index in [1.54, 1.807) is 0 Å². The number of rotatable bonds is 5. The summed E-state index contributed by atoms with van der Waals surface area (Å²) < 4.78 is 0. The van der Waals surface area contributed by atoms with Crippen LogP contribution in [0.2, 0.25) is 0 Å². The second-order valence-corrected chi connectivity index (χ2v) is 3.99. The molecule has 88 valence electrons. The fourth-order valence-corrected chi connectivity index (χ4v) is 1.92. The van der Waals surface area contributed by atoms with Crippen molar-refractivity contribution in [3.63, 3.8) is 0 Å². The number of hydrogen-bond donors (Lipinski definition) is 1. The Balaban J connectivity index is 2.94. The van der Waals surface area contributed by atoms with Crippen molar-refractivity contribution in [2.45, 2.75) is 32.6 Å². The second-order valence-electron chi connectivity index (χ2n) is 3.73. The van der Waals surface area contributed by atoms with Crippen LogP contribution in [0.15, 0.2) is 18.2 Å². The Labute approximate surface area is 102 Å². The molecule has 0 saturated heterocycles. The van der Waals surface area contributed by atoms with Crippen LogP contribution in [0.5, 0.6) is 0 Å². The molecule has 0 heterocycles. The van der Waals surface area contributed by atoms with Crippen molar-refractivity contribution < 1.29 is 4.79 Å². The lowest BCUT2D eigenvalue weighted by molar-refractivity contribution is 0.0955. The molecule has 0 saturated carbocycles. The summed E-state index contributed by atoms with van der Waals surface area (Å²) in [6.07, 6.45) is 2.10. The van der Waals surface area contributed by atoms with Crippen molar-refractivity contribution in [3.8, 4) is 0 Å². The van der Waals surface area contributed by atoms with Gasteiger partial charge in [0.1, 0.15) is 0 Å². The minimum Gasteiger partial charge on any atom is -0.352 e. The lowest BCUT2D eigenvalue weighted by atomic mass is 10.0. The molecule has 0 unspecified atom stereocenters. The third-order valence-corrected chi connectivity index (χ3v) is 2.76. The molecular weight excluding hydrogens is 222 g/mol. The fourth-order valence-electron chi connectivity index (χ4n) is 1.67. The highest BCUT2D eigenvalue weighted by molar-refractivity contribution is 6.17. The predicted molar refractivity (Wildman–Crippen MR) is 68.0 cm³/mol. The van der Waals surface area contributed by atoms with Gasteiger partial charge in [0.05, 0.1) is 0 Å². The molecule has 0 atom stereocenters. The van der Waals surface area contributed by atoms with Gasteiger partial charge in [-0.05, 0) is 36.6 Å². The zero-order valence-electron chi connectivity index (χ0n) is 9.85. The Kier molecular flexibility index (Phi) is 5.33. The van der Waals surface area contributed by atoms with E-state index in [4.69, 9.17) is 11.6 Å². The Morgan fingerprint density at radius 1 is 1.31 bits per heavy atom. The standard InChI is InChI=1S/C13H18ClNO/c1-3-5-10-6-7-11(8-12(10)9-14)13(16)15-4-2/h6-8H,3-5,9H2,1-2H3,(H,15,16). The number of alkyl halides is 1. The van der Waals surface area contributed by atoms with Gasteiger partial charge in [-0.2, -0.15) is 0 Å². The molecule has 0 radical (unpaired) electrons. The van der Waals surface area contributed by atoms with E-state index in [0.29, 0.717) is 18.0 Å². The summed E-state index contributed by atoms with van der Waals surface area (Å²) >= 11 is 5.89. The first kappa shape index (κ1) is 13.0. The normalized spacial score (nSPS) is 10.2. The molecule has 1 N–H and O–H groups in total. The lowest BCUT2D eigenvalue weighted by Crippen LogP contribution is -2.22. The van der Waals surface area contributed by atoms with Crippen molar-refractivity contribution in [1.29, 1.82) is 0 Å². The van der Waals surface area contributed by atoms with Crippen LogP contribution in [0.3, 0.4) is 0 Å². The van der Waals surface area contributed by atoms with Crippen LogP contribution < -0.4 is 5.32 Å². The Morgan fingerprint density at radius 2 is 2.06 bits per heavy atom. The van der Waals surface area contributed by atoms with Gasteiger partial charge in [-0.3, -0.25) is 4.79 Å². The van der Waals surface area contributed by atoms with E-state index in [2.05, 4.69) is 12.2 Å². The van der Waals surface area contributed by atoms with Crippen LogP contribution in [0, 0.1) is 0 Å². The van der Waals surface area contributed by atoms with Crippen LogP contribution in [0.1, 0.15) is 41.8 Å². The van der Waals surface area contributed by atoms with Crippen molar-refractivity contribution in [3.05, 3.63) is 34.9 Å². The number of nitrogens with one attached hydrogen (secondary N) is 1. The summed E-state index contributed by atoms with van der Waals surface area (Å²) in [5.41, 5.74) is 3.00. The lowest BCUT2D eigenvalue weighted by Gasteiger charge is -2.09. The molecule has 0 spiro atoms. The van der Waals surface area contributed by atoms with E-state index in [1.165, 1.54) is 5.56 Å². The van der Waals surface area contributed by atoms with Crippen molar-refractivity contribution >= 4 is 17.5 Å². The van der Waals surface area contributed by atoms with E-state index in [0.717, 1.165) is 18.4 Å². The summed E-state index contributed by atoms with van der Waals surface area (Å²) in [5, 5.41) is 2.78. The fraction of sp³-hybridized carbons (Fsp3) is 0.462. The molecule has 1 rings (SSSR count). The maximum Gasteiger partial charge on any atom is 0.251 e. The van der Waals surface area contributed by atoms with Gasteiger partial charge in [0.15, 0.2) is 0 Å². The van der Waals surface area contributed by atoms with E-state index < -0.39 is 0 Å². The van der Waals surface area contributed by atoms with Gasteiger partial charge in [0.25, 0.3) is 5.91 Å². The molecule has 1 aromatic rings. The SMILES string of the molecule is CCCc1ccc(C(=O)NCC)cc1CCl. The first-order chi connectivity index (χ1) is 7.72. The molecule has 0 aliphatic rings. The smallest absolute Gasteiger partial charge is 0.251 e. The van der Waals surface area contributed by atoms with Gasteiger partial charge >= 0.3 is 0 Å². The first-order valence-corrected chi connectivity index (χ1v) is 6.22. The highest BCUT2D eigenvalue weighted by atomic mass is 35.5. The molecule has 0 bridgehead atoms. The minimum absolute atomic E-state index is 0.0306. The van der Waals surface area contributed by atoms with Gasteiger partial charge in [-0.25, -0.2) is 0 Å². The second kappa shape index (κ2) is 6.54. The molecule has 1 aromatic carbocycles. The van der Waals surface area contributed by atoms with Crippen molar-refractivity contribution in [1.82, 2.24) is 5.32 Å². The molecule has 16 heavy (non-hydrogen) atoms. The van der Waals surface area contributed by atoms with Gasteiger partial charge in [0.2, 0.25) is 0 Å². The molecule has 0 aromatic heterocycles. The van der Waals surface area contributed by atoms with Gasteiger partial charge in [-0.1, -0.05) is 19.4 Å². The zero-order valence-corrected chi connectivity index (χ0v) is 10.6. The highest BCUT2D eigenvalue weighted by Gasteiger charge is 2.07. The van der Waals surface area contributed by atoms with Crippen molar-refractivity contribution in [2.24, 2.45) is 0 Å². The zero-order chi connectivity index (χ0) is 12.0. The van der Waals surface area contributed by atoms with Crippen LogP contribution in [-0.2, 0) is 12.3 Å². The number of aryl methyl sites for hydroxylation is 1. The summed E-state index contributed by atoms with van der Waals surface area (Å²) in [4.78, 5) is 11.6. The molecule has 0 aliphatic carbocycles. The summed E-state index contributed by atoms with van der Waals surface area (Å²) in [7, 11) is 0. The quantitative estimate of drug-likeness (QED) is 0.786. The Bertz CT molecular complexity index is 363. The number of hydrogen-bond acceptors (Lipinski definition) is 1. The number of benzene rings is 1. The van der Waals surface area contributed by atoms with Gasteiger partial charge in [-0.15, -0.1) is 11.6 Å². The monoisotopic (exact) mass is 239 g/mol. The third kappa shape index (κ3) is 3.24. The number of carbonyl (C=O) groups excluding carboxylic acids is 1. The maximum absolute atomic E-state index is 11.6. The summed E-state index contributed by atoms with van der Waals surface area (Å²) in [6, 6.07) is 5.76. The molecule has 1 amide bonds. The molecule has 0 fully saturated rings. The summed E-state index contributed by atoms with van der Waals surface area (Å²) in [6.45, 7) is 4.69. The topological polar surface area (TPSA) is 29.1 Å². The third-order valence-electron chi connectivity index (χ3n) is 2.47. The minimum atomic E-state index is -0.0306. The van der Waals surface area contributed by atoms with Gasteiger partial charge in [0, 0.05) is 18.0 Å². The van der Waals surface area contributed by atoms with Crippen LogP contribution in [-0.4, -0.2) is 12.5 Å². The maximum atomic E-state index is 11.6. The van der Waals surface area contributed by atoms with Crippen molar-refractivity contribution in [2.75, 3.05) is 6.54 Å². The van der Waals surface area contributed by atoms with E-state index in [-0.39, 0.29) is 5.91 Å². The Hall–Kier alpha value is -1.02. The average Bonchev–Trinajstić information content (AvgIpc) is 2.30.